The Kier molecular flexibility index (Phi) is 4.00. The average molecular weight is 277 g/mol. The van der Waals surface area contributed by atoms with Crippen LogP contribution in [0.15, 0.2) is 24.3 Å². The molecule has 1 aliphatic heterocycles. The van der Waals surface area contributed by atoms with E-state index in [1.807, 2.05) is 24.3 Å². The maximum Gasteiger partial charge on any atom is 0.187 e. The maximum absolute atomic E-state index is 10.8. The molecule has 1 N–H and O–H groups in total. The fourth-order valence-corrected chi connectivity index (χ4v) is 2.66. The second kappa shape index (κ2) is 5.41. The van der Waals surface area contributed by atoms with Crippen molar-refractivity contribution in [2.24, 2.45) is 5.41 Å². The van der Waals surface area contributed by atoms with Crippen LogP contribution >= 0.6 is 0 Å². The summed E-state index contributed by atoms with van der Waals surface area (Å²) in [6, 6.07) is 9.73. The van der Waals surface area contributed by atoms with Crippen molar-refractivity contribution in [3.8, 4) is 11.8 Å². The van der Waals surface area contributed by atoms with Gasteiger partial charge in [-0.15, -0.1) is 0 Å². The van der Waals surface area contributed by atoms with Gasteiger partial charge in [-0.2, -0.15) is 5.26 Å². The van der Waals surface area contributed by atoms with E-state index in [1.165, 1.54) is 14.2 Å². The molecule has 5 nitrogen and oxygen atoms in total. The molecule has 0 saturated heterocycles. The summed E-state index contributed by atoms with van der Waals surface area (Å²) in [6.45, 7) is 1.64. The summed E-state index contributed by atoms with van der Waals surface area (Å²) in [6.07, 6.45) is -0.522. The molecule has 1 heterocycles. The average Bonchev–Trinajstić information content (AvgIpc) is 2.47. The second-order valence-electron chi connectivity index (χ2n) is 5.22. The first-order chi connectivity index (χ1) is 9.50. The zero-order valence-corrected chi connectivity index (χ0v) is 11.9. The van der Waals surface area contributed by atoms with E-state index in [2.05, 4.69) is 6.07 Å². The third kappa shape index (κ3) is 2.16. The number of methoxy groups -OCH3 is 2. The first-order valence-corrected chi connectivity index (χ1v) is 6.40. The Balaban J connectivity index is 2.40. The van der Waals surface area contributed by atoms with E-state index >= 15 is 0 Å². The molecular weight excluding hydrogens is 258 g/mol. The lowest BCUT2D eigenvalue weighted by atomic mass is 9.68. The summed E-state index contributed by atoms with van der Waals surface area (Å²) in [7, 11) is 2.87. The van der Waals surface area contributed by atoms with Crippen molar-refractivity contribution >= 4 is 0 Å². The van der Waals surface area contributed by atoms with Gasteiger partial charge in [0.1, 0.15) is 23.4 Å². The molecule has 0 fully saturated rings. The Morgan fingerprint density at radius 2 is 2.05 bits per heavy atom. The van der Waals surface area contributed by atoms with Crippen molar-refractivity contribution in [2.45, 2.75) is 25.2 Å². The summed E-state index contributed by atoms with van der Waals surface area (Å²) in [5, 5.41) is 20.5. The van der Waals surface area contributed by atoms with Crippen LogP contribution in [0.1, 0.15) is 12.5 Å². The van der Waals surface area contributed by atoms with Crippen molar-refractivity contribution in [1.82, 2.24) is 0 Å². The summed E-state index contributed by atoms with van der Waals surface area (Å²) in [5.41, 5.74) is -1.73. The topological polar surface area (TPSA) is 71.7 Å². The van der Waals surface area contributed by atoms with Gasteiger partial charge >= 0.3 is 0 Å². The number of ether oxygens (including phenoxy) is 3. The largest absolute Gasteiger partial charge is 0.492 e. The SMILES string of the molecule is COC(OC)C(C)(O)C1(C#N)COc2ccccc2C1. The minimum atomic E-state index is -1.50. The standard InChI is InChI=1S/C15H19NO4/c1-14(17,13(18-2)19-3)15(9-16)8-11-6-4-5-7-12(11)20-10-15/h4-7,13,17H,8,10H2,1-3H3. The van der Waals surface area contributed by atoms with Gasteiger partial charge < -0.3 is 19.3 Å². The molecule has 5 heteroatoms. The van der Waals surface area contributed by atoms with Crippen molar-refractivity contribution < 1.29 is 19.3 Å². The van der Waals surface area contributed by atoms with Gasteiger partial charge in [-0.1, -0.05) is 18.2 Å². The van der Waals surface area contributed by atoms with Crippen molar-refractivity contribution in [1.29, 1.82) is 5.26 Å². The van der Waals surface area contributed by atoms with Gasteiger partial charge in [0.2, 0.25) is 0 Å². The minimum absolute atomic E-state index is 0.0940. The lowest BCUT2D eigenvalue weighted by molar-refractivity contribution is -0.246. The predicted octanol–water partition coefficient (Wildman–Crippen LogP) is 1.50. The summed E-state index contributed by atoms with van der Waals surface area (Å²) >= 11 is 0. The van der Waals surface area contributed by atoms with Crippen LogP contribution in [-0.4, -0.2) is 37.8 Å². The molecule has 0 aliphatic carbocycles. The Morgan fingerprint density at radius 1 is 1.40 bits per heavy atom. The van der Waals surface area contributed by atoms with Crippen molar-refractivity contribution in [3.05, 3.63) is 29.8 Å². The van der Waals surface area contributed by atoms with Crippen molar-refractivity contribution in [3.63, 3.8) is 0 Å². The van der Waals surface area contributed by atoms with Crippen LogP contribution in [0.2, 0.25) is 0 Å². The molecule has 0 spiro atoms. The number of aliphatic hydroxyl groups is 1. The maximum atomic E-state index is 10.8. The minimum Gasteiger partial charge on any atom is -0.492 e. The lowest BCUT2D eigenvalue weighted by Crippen LogP contribution is -2.59. The molecule has 0 bridgehead atoms. The highest BCUT2D eigenvalue weighted by molar-refractivity contribution is 5.38. The summed E-state index contributed by atoms with van der Waals surface area (Å²) < 4.78 is 16.0. The zero-order valence-electron chi connectivity index (χ0n) is 11.9. The Hall–Kier alpha value is -1.61. The van der Waals surface area contributed by atoms with E-state index in [1.54, 1.807) is 6.92 Å². The molecule has 0 amide bonds. The fourth-order valence-electron chi connectivity index (χ4n) is 2.66. The van der Waals surface area contributed by atoms with Crippen LogP contribution in [0.5, 0.6) is 5.75 Å². The molecule has 2 unspecified atom stereocenters. The third-order valence-corrected chi connectivity index (χ3v) is 4.01. The molecule has 0 aromatic heterocycles. The normalized spacial score (nSPS) is 24.4. The van der Waals surface area contributed by atoms with Gasteiger partial charge in [-0.3, -0.25) is 0 Å². The lowest BCUT2D eigenvalue weighted by Gasteiger charge is -2.45. The number of nitrogens with zero attached hydrogens (tertiary/aromatic N) is 1. The summed E-state index contributed by atoms with van der Waals surface area (Å²) in [4.78, 5) is 0. The quantitative estimate of drug-likeness (QED) is 0.844. The highest BCUT2D eigenvalue weighted by atomic mass is 16.7. The molecule has 1 aliphatic rings. The van der Waals surface area contributed by atoms with Crippen LogP contribution in [0.4, 0.5) is 0 Å². The van der Waals surface area contributed by atoms with Crippen LogP contribution in [0, 0.1) is 16.7 Å². The van der Waals surface area contributed by atoms with E-state index in [-0.39, 0.29) is 6.61 Å². The Bertz CT molecular complexity index is 519. The number of hydrogen-bond donors (Lipinski definition) is 1. The third-order valence-electron chi connectivity index (χ3n) is 4.01. The molecule has 108 valence electrons. The monoisotopic (exact) mass is 277 g/mol. The number of rotatable bonds is 4. The van der Waals surface area contributed by atoms with E-state index in [0.717, 1.165) is 11.3 Å². The van der Waals surface area contributed by atoms with E-state index in [0.29, 0.717) is 6.42 Å². The number of benzene rings is 1. The first kappa shape index (κ1) is 14.8. The fraction of sp³-hybridized carbons (Fsp3) is 0.533. The number of para-hydroxylation sites is 1. The molecule has 1 aromatic carbocycles. The van der Waals surface area contributed by atoms with Crippen LogP contribution < -0.4 is 4.74 Å². The Morgan fingerprint density at radius 3 is 2.65 bits per heavy atom. The highest BCUT2D eigenvalue weighted by Crippen LogP contribution is 2.43. The molecular formula is C15H19NO4. The number of hydrogen-bond acceptors (Lipinski definition) is 5. The van der Waals surface area contributed by atoms with E-state index < -0.39 is 17.3 Å². The van der Waals surface area contributed by atoms with Crippen molar-refractivity contribution in [2.75, 3.05) is 20.8 Å². The van der Waals surface area contributed by atoms with Gasteiger partial charge in [0.15, 0.2) is 6.29 Å². The number of nitriles is 1. The second-order valence-corrected chi connectivity index (χ2v) is 5.22. The van der Waals surface area contributed by atoms with Gasteiger partial charge in [-0.05, 0) is 18.6 Å². The number of fused-ring (bicyclic) bond motifs is 1. The van der Waals surface area contributed by atoms with Gasteiger partial charge in [0.25, 0.3) is 0 Å². The molecule has 20 heavy (non-hydrogen) atoms. The molecule has 0 saturated carbocycles. The Labute approximate surface area is 118 Å². The van der Waals surface area contributed by atoms with Crippen LogP contribution in [0.3, 0.4) is 0 Å². The van der Waals surface area contributed by atoms with E-state index in [4.69, 9.17) is 14.2 Å². The molecule has 1 aromatic rings. The predicted molar refractivity (Wildman–Crippen MR) is 72.1 cm³/mol. The summed E-state index contributed by atoms with van der Waals surface area (Å²) in [5.74, 6) is 0.751. The van der Waals surface area contributed by atoms with E-state index in [9.17, 15) is 10.4 Å². The smallest absolute Gasteiger partial charge is 0.187 e. The zero-order chi connectivity index (χ0) is 14.8. The van der Waals surface area contributed by atoms with Crippen LogP contribution in [0.25, 0.3) is 0 Å². The first-order valence-electron chi connectivity index (χ1n) is 6.40. The van der Waals surface area contributed by atoms with Gasteiger partial charge in [0, 0.05) is 20.6 Å². The highest BCUT2D eigenvalue weighted by Gasteiger charge is 2.55. The molecule has 2 atom stereocenters. The van der Waals surface area contributed by atoms with Gasteiger partial charge in [-0.25, -0.2) is 0 Å². The molecule has 0 radical (unpaired) electrons. The molecule has 2 rings (SSSR count). The van der Waals surface area contributed by atoms with Gasteiger partial charge in [0.05, 0.1) is 6.07 Å². The van der Waals surface area contributed by atoms with Crippen LogP contribution in [-0.2, 0) is 15.9 Å².